The summed E-state index contributed by atoms with van der Waals surface area (Å²) in [6, 6.07) is 12.6. The Morgan fingerprint density at radius 2 is 1.96 bits per heavy atom. The second-order valence-corrected chi connectivity index (χ2v) is 7.01. The Hall–Kier alpha value is -2.80. The van der Waals surface area contributed by atoms with E-state index in [1.165, 1.54) is 16.5 Å². The zero-order chi connectivity index (χ0) is 16.8. The molecule has 5 nitrogen and oxygen atoms in total. The molecule has 0 aliphatic carbocycles. The van der Waals surface area contributed by atoms with E-state index in [4.69, 9.17) is 0 Å². The quantitative estimate of drug-likeness (QED) is 0.554. The Bertz CT molecular complexity index is 1070. The van der Waals surface area contributed by atoms with Crippen molar-refractivity contribution in [3.8, 4) is 11.4 Å². The number of hydrogen-bond acceptors (Lipinski definition) is 5. The van der Waals surface area contributed by atoms with E-state index in [1.807, 2.05) is 12.1 Å². The smallest absolute Gasteiger partial charge is 0.188 e. The van der Waals surface area contributed by atoms with Crippen LogP contribution in [0.5, 0.6) is 0 Å². The Morgan fingerprint density at radius 1 is 1.04 bits per heavy atom. The third kappa shape index (κ3) is 2.39. The molecule has 0 spiro atoms. The first-order valence-corrected chi connectivity index (χ1v) is 8.95. The molecule has 5 rings (SSSR count). The van der Waals surface area contributed by atoms with E-state index >= 15 is 0 Å². The number of hydrogen-bond donors (Lipinski definition) is 0. The Balaban J connectivity index is 1.58. The lowest BCUT2D eigenvalue weighted by atomic mass is 10.1. The van der Waals surface area contributed by atoms with Gasteiger partial charge in [0.05, 0.1) is 12.1 Å². The second kappa shape index (κ2) is 5.63. The molecule has 3 aromatic heterocycles. The fraction of sp³-hybridized carbons (Fsp3) is 0.167. The summed E-state index contributed by atoms with van der Waals surface area (Å²) in [5.41, 5.74) is 2.44. The molecule has 0 N–H and O–H groups in total. The number of aromatic nitrogens is 4. The van der Waals surface area contributed by atoms with Crippen molar-refractivity contribution < 1.29 is 4.39 Å². The van der Waals surface area contributed by atoms with E-state index in [0.29, 0.717) is 17.0 Å². The number of rotatable bonds is 2. The highest BCUT2D eigenvalue weighted by molar-refractivity contribution is 7.10. The molecule has 0 amide bonds. The van der Waals surface area contributed by atoms with Crippen molar-refractivity contribution in [1.82, 2.24) is 19.8 Å². The summed E-state index contributed by atoms with van der Waals surface area (Å²) in [6.07, 6.45) is 1.01. The number of fused-ring (bicyclic) bond motifs is 2. The molecular formula is C18H14FN5S. The molecule has 4 heterocycles. The number of anilines is 1. The summed E-state index contributed by atoms with van der Waals surface area (Å²) in [5, 5.41) is 15.1. The van der Waals surface area contributed by atoms with Crippen molar-refractivity contribution in [2.45, 2.75) is 13.0 Å². The molecule has 0 saturated carbocycles. The van der Waals surface area contributed by atoms with E-state index in [9.17, 15) is 4.39 Å². The number of halogens is 1. The van der Waals surface area contributed by atoms with Crippen molar-refractivity contribution in [1.29, 1.82) is 0 Å². The van der Waals surface area contributed by atoms with Gasteiger partial charge in [-0.2, -0.15) is 4.52 Å². The van der Waals surface area contributed by atoms with Crippen LogP contribution in [0.2, 0.25) is 0 Å². The van der Waals surface area contributed by atoms with Crippen LogP contribution in [0.1, 0.15) is 10.4 Å². The average molecular weight is 351 g/mol. The third-order valence-electron chi connectivity index (χ3n) is 4.51. The fourth-order valence-electron chi connectivity index (χ4n) is 3.19. The molecule has 0 atom stereocenters. The van der Waals surface area contributed by atoms with Gasteiger partial charge in [-0.3, -0.25) is 0 Å². The van der Waals surface area contributed by atoms with Crippen LogP contribution in [0, 0.1) is 5.82 Å². The minimum Gasteiger partial charge on any atom is -0.350 e. The van der Waals surface area contributed by atoms with Crippen LogP contribution in [0.25, 0.3) is 17.0 Å². The van der Waals surface area contributed by atoms with Gasteiger partial charge in [-0.15, -0.1) is 26.6 Å². The molecule has 0 bridgehead atoms. The summed E-state index contributed by atoms with van der Waals surface area (Å²) in [5.74, 6) is 0.943. The number of benzene rings is 1. The van der Waals surface area contributed by atoms with Crippen molar-refractivity contribution >= 4 is 22.8 Å². The molecule has 0 radical (unpaired) electrons. The normalized spacial score (nSPS) is 14.0. The Kier molecular flexibility index (Phi) is 3.27. The van der Waals surface area contributed by atoms with Gasteiger partial charge in [0.25, 0.3) is 0 Å². The standard InChI is InChI=1S/C18H14FN5S/c19-14-4-2-1-3-13(14)18-21-20-16-5-6-17(22-24(16)18)23-9-7-12-8-10-25-15(12)11-23/h1-6,8,10H,7,9,11H2. The zero-order valence-corrected chi connectivity index (χ0v) is 14.1. The summed E-state index contributed by atoms with van der Waals surface area (Å²) in [6.45, 7) is 1.77. The molecule has 25 heavy (non-hydrogen) atoms. The molecule has 0 fully saturated rings. The molecule has 1 aromatic carbocycles. The molecular weight excluding hydrogens is 337 g/mol. The van der Waals surface area contributed by atoms with Gasteiger partial charge in [-0.1, -0.05) is 12.1 Å². The largest absolute Gasteiger partial charge is 0.350 e. The minimum atomic E-state index is -0.329. The molecule has 7 heteroatoms. The lowest BCUT2D eigenvalue weighted by molar-refractivity contribution is 0.629. The lowest BCUT2D eigenvalue weighted by Gasteiger charge is -2.27. The SMILES string of the molecule is Fc1ccccc1-c1nnc2ccc(N3CCc4ccsc4C3)nn12. The predicted octanol–water partition coefficient (Wildman–Crippen LogP) is 3.55. The topological polar surface area (TPSA) is 46.3 Å². The zero-order valence-electron chi connectivity index (χ0n) is 13.3. The van der Waals surface area contributed by atoms with E-state index < -0.39 is 0 Å². The van der Waals surface area contributed by atoms with Gasteiger partial charge in [0.15, 0.2) is 11.5 Å². The molecule has 124 valence electrons. The second-order valence-electron chi connectivity index (χ2n) is 6.01. The number of nitrogens with zero attached hydrogens (tertiary/aromatic N) is 5. The molecule has 1 aliphatic rings. The maximum atomic E-state index is 14.1. The molecule has 1 aliphatic heterocycles. The van der Waals surface area contributed by atoms with E-state index in [2.05, 4.69) is 31.6 Å². The highest BCUT2D eigenvalue weighted by Gasteiger charge is 2.20. The van der Waals surface area contributed by atoms with Crippen LogP contribution in [0.4, 0.5) is 10.2 Å². The van der Waals surface area contributed by atoms with Crippen molar-refractivity contribution in [2.75, 3.05) is 11.4 Å². The van der Waals surface area contributed by atoms with E-state index in [0.717, 1.165) is 25.3 Å². The van der Waals surface area contributed by atoms with Crippen molar-refractivity contribution in [2.24, 2.45) is 0 Å². The maximum absolute atomic E-state index is 14.1. The Morgan fingerprint density at radius 3 is 2.88 bits per heavy atom. The predicted molar refractivity (Wildman–Crippen MR) is 95.2 cm³/mol. The monoisotopic (exact) mass is 351 g/mol. The van der Waals surface area contributed by atoms with Crippen LogP contribution in [-0.2, 0) is 13.0 Å². The van der Waals surface area contributed by atoms with Crippen molar-refractivity contribution in [3.63, 3.8) is 0 Å². The summed E-state index contributed by atoms with van der Waals surface area (Å²) in [7, 11) is 0. The first kappa shape index (κ1) is 14.5. The molecule has 0 saturated heterocycles. The van der Waals surface area contributed by atoms with Gasteiger partial charge >= 0.3 is 0 Å². The van der Waals surface area contributed by atoms with E-state index in [1.54, 1.807) is 34.1 Å². The van der Waals surface area contributed by atoms with Crippen LogP contribution in [0.15, 0.2) is 47.8 Å². The molecule has 0 unspecified atom stereocenters. The third-order valence-corrected chi connectivity index (χ3v) is 5.46. The van der Waals surface area contributed by atoms with Gasteiger partial charge < -0.3 is 4.90 Å². The van der Waals surface area contributed by atoms with Gasteiger partial charge in [0.1, 0.15) is 11.6 Å². The Labute approximate surface area is 147 Å². The first-order chi connectivity index (χ1) is 12.3. The molecule has 4 aromatic rings. The summed E-state index contributed by atoms with van der Waals surface area (Å²) >= 11 is 1.78. The maximum Gasteiger partial charge on any atom is 0.188 e. The minimum absolute atomic E-state index is 0.329. The van der Waals surface area contributed by atoms with Gasteiger partial charge in [0, 0.05) is 11.4 Å². The van der Waals surface area contributed by atoms with Gasteiger partial charge in [-0.25, -0.2) is 4.39 Å². The van der Waals surface area contributed by atoms with E-state index in [-0.39, 0.29) is 5.82 Å². The summed E-state index contributed by atoms with van der Waals surface area (Å²) in [4.78, 5) is 3.62. The summed E-state index contributed by atoms with van der Waals surface area (Å²) < 4.78 is 15.8. The fourth-order valence-corrected chi connectivity index (χ4v) is 4.14. The van der Waals surface area contributed by atoms with Crippen LogP contribution in [-0.4, -0.2) is 26.4 Å². The van der Waals surface area contributed by atoms with Crippen LogP contribution in [0.3, 0.4) is 0 Å². The van der Waals surface area contributed by atoms with Gasteiger partial charge in [-0.05, 0) is 47.7 Å². The highest BCUT2D eigenvalue weighted by atomic mass is 32.1. The number of thiophene rings is 1. The first-order valence-electron chi connectivity index (χ1n) is 8.07. The lowest BCUT2D eigenvalue weighted by Crippen LogP contribution is -2.30. The van der Waals surface area contributed by atoms with Crippen LogP contribution < -0.4 is 4.90 Å². The van der Waals surface area contributed by atoms with Crippen LogP contribution >= 0.6 is 11.3 Å². The van der Waals surface area contributed by atoms with Gasteiger partial charge in [0.2, 0.25) is 0 Å². The average Bonchev–Trinajstić information content (AvgIpc) is 3.27. The van der Waals surface area contributed by atoms with Crippen molar-refractivity contribution in [3.05, 3.63) is 64.1 Å². The highest BCUT2D eigenvalue weighted by Crippen LogP contribution is 2.28.